The number of halogens is 2. The van der Waals surface area contributed by atoms with Crippen LogP contribution in [0.4, 0.5) is 8.78 Å². The summed E-state index contributed by atoms with van der Waals surface area (Å²) in [6.07, 6.45) is -0.984. The fraction of sp³-hybridized carbons (Fsp3) is 0.222. The van der Waals surface area contributed by atoms with Crippen LogP contribution in [0.5, 0.6) is 0 Å². The molecule has 1 nitrogen and oxygen atoms in total. The van der Waals surface area contributed by atoms with Gasteiger partial charge in [0.05, 0.1) is 0 Å². The van der Waals surface area contributed by atoms with E-state index in [1.165, 1.54) is 24.3 Å². The highest BCUT2D eigenvalue weighted by atomic mass is 19.1. The first-order chi connectivity index (χ1) is 5.74. The maximum atomic E-state index is 12.9. The third kappa shape index (κ3) is 2.12. The van der Waals surface area contributed by atoms with Crippen molar-refractivity contribution in [3.63, 3.8) is 0 Å². The number of carbonyl (C=O) groups excluding carboxylic acids is 1. The van der Waals surface area contributed by atoms with E-state index in [9.17, 15) is 13.6 Å². The molecule has 0 aliphatic rings. The quantitative estimate of drug-likeness (QED) is 0.636. The van der Waals surface area contributed by atoms with Crippen molar-refractivity contribution in [1.82, 2.24) is 0 Å². The van der Waals surface area contributed by atoms with Gasteiger partial charge in [0.1, 0.15) is 18.3 Å². The highest BCUT2D eigenvalue weighted by molar-refractivity contribution is 5.51. The van der Waals surface area contributed by atoms with E-state index >= 15 is 0 Å². The Kier molecular flexibility index (Phi) is 2.91. The van der Waals surface area contributed by atoms with Gasteiger partial charge in [-0.2, -0.15) is 0 Å². The van der Waals surface area contributed by atoms with Crippen molar-refractivity contribution >= 4 is 6.29 Å². The molecule has 1 rings (SSSR count). The summed E-state index contributed by atoms with van der Waals surface area (Å²) < 4.78 is 25.3. The molecule has 64 valence electrons. The summed E-state index contributed by atoms with van der Waals surface area (Å²) in [4.78, 5) is 9.94. The minimum absolute atomic E-state index is 0.175. The lowest BCUT2D eigenvalue weighted by atomic mass is 10.1. The van der Waals surface area contributed by atoms with Crippen LogP contribution in [0.3, 0.4) is 0 Å². The monoisotopic (exact) mass is 170 g/mol. The van der Waals surface area contributed by atoms with E-state index in [1.54, 1.807) is 0 Å². The number of benzene rings is 1. The number of aldehydes is 1. The van der Waals surface area contributed by atoms with Crippen LogP contribution in [-0.2, 0) is 4.79 Å². The Morgan fingerprint density at radius 2 is 1.92 bits per heavy atom. The summed E-state index contributed by atoms with van der Waals surface area (Å²) in [5.74, 6) is -0.406. The summed E-state index contributed by atoms with van der Waals surface area (Å²) in [7, 11) is 0. The molecule has 0 radical (unpaired) electrons. The van der Waals surface area contributed by atoms with Crippen LogP contribution in [0.1, 0.15) is 18.2 Å². The molecule has 0 aliphatic heterocycles. The number of carbonyl (C=O) groups is 1. The van der Waals surface area contributed by atoms with Crippen molar-refractivity contribution in [3.05, 3.63) is 35.6 Å². The van der Waals surface area contributed by atoms with Gasteiger partial charge >= 0.3 is 0 Å². The third-order valence-electron chi connectivity index (χ3n) is 1.53. The molecule has 1 aromatic rings. The lowest BCUT2D eigenvalue weighted by molar-refractivity contribution is -0.108. The van der Waals surface area contributed by atoms with Crippen LogP contribution in [0.2, 0.25) is 0 Å². The molecule has 0 amide bonds. The van der Waals surface area contributed by atoms with Gasteiger partial charge in [-0.1, -0.05) is 12.1 Å². The van der Waals surface area contributed by atoms with Gasteiger partial charge in [-0.25, -0.2) is 8.78 Å². The van der Waals surface area contributed by atoms with Crippen molar-refractivity contribution in [2.24, 2.45) is 0 Å². The van der Waals surface area contributed by atoms with Crippen LogP contribution in [0, 0.1) is 5.82 Å². The molecular weight excluding hydrogens is 162 g/mol. The molecule has 0 saturated heterocycles. The average Bonchev–Trinajstić information content (AvgIpc) is 2.06. The molecule has 1 aromatic carbocycles. The molecule has 0 saturated carbocycles. The van der Waals surface area contributed by atoms with E-state index in [0.717, 1.165) is 0 Å². The smallest absolute Gasteiger partial charge is 0.132 e. The largest absolute Gasteiger partial charge is 0.303 e. The lowest BCUT2D eigenvalue weighted by Gasteiger charge is -2.02. The molecule has 0 fully saturated rings. The van der Waals surface area contributed by atoms with Crippen LogP contribution in [-0.4, -0.2) is 6.29 Å². The second kappa shape index (κ2) is 3.95. The van der Waals surface area contributed by atoms with Gasteiger partial charge in [0.2, 0.25) is 0 Å². The van der Waals surface area contributed by atoms with Crippen LogP contribution in [0.15, 0.2) is 24.3 Å². The number of hydrogen-bond acceptors (Lipinski definition) is 1. The van der Waals surface area contributed by atoms with Crippen molar-refractivity contribution < 1.29 is 13.6 Å². The number of alkyl halides is 1. The third-order valence-corrected chi connectivity index (χ3v) is 1.53. The Labute approximate surface area is 69.0 Å². The van der Waals surface area contributed by atoms with Gasteiger partial charge in [-0.15, -0.1) is 0 Å². The number of rotatable bonds is 3. The summed E-state index contributed by atoms with van der Waals surface area (Å²) >= 11 is 0. The summed E-state index contributed by atoms with van der Waals surface area (Å²) in [6.45, 7) is 0. The van der Waals surface area contributed by atoms with E-state index < -0.39 is 12.0 Å². The first-order valence-electron chi connectivity index (χ1n) is 3.57. The maximum Gasteiger partial charge on any atom is 0.132 e. The standard InChI is InChI=1S/C9H8F2O/c10-8-3-1-7(2-4-8)9(11)5-6-12/h1-4,6,9H,5H2. The van der Waals surface area contributed by atoms with E-state index in [-0.39, 0.29) is 6.42 Å². The fourth-order valence-electron chi connectivity index (χ4n) is 0.892. The molecule has 12 heavy (non-hydrogen) atoms. The molecule has 1 atom stereocenters. The van der Waals surface area contributed by atoms with Gasteiger partial charge in [-0.3, -0.25) is 0 Å². The second-order valence-electron chi connectivity index (χ2n) is 2.42. The molecule has 1 unspecified atom stereocenters. The van der Waals surface area contributed by atoms with E-state index in [0.29, 0.717) is 11.8 Å². The molecular formula is C9H8F2O. The average molecular weight is 170 g/mol. The Balaban J connectivity index is 2.74. The van der Waals surface area contributed by atoms with Crippen molar-refractivity contribution in [2.75, 3.05) is 0 Å². The highest BCUT2D eigenvalue weighted by Crippen LogP contribution is 2.19. The maximum absolute atomic E-state index is 12.9. The Morgan fingerprint density at radius 3 is 2.42 bits per heavy atom. The Hall–Kier alpha value is -1.25. The molecule has 0 spiro atoms. The first kappa shape index (κ1) is 8.84. The van der Waals surface area contributed by atoms with Gasteiger partial charge in [0, 0.05) is 6.42 Å². The highest BCUT2D eigenvalue weighted by Gasteiger charge is 2.07. The predicted molar refractivity (Wildman–Crippen MR) is 40.9 cm³/mol. The second-order valence-corrected chi connectivity index (χ2v) is 2.42. The molecule has 0 N–H and O–H groups in total. The van der Waals surface area contributed by atoms with E-state index in [2.05, 4.69) is 0 Å². The van der Waals surface area contributed by atoms with E-state index in [4.69, 9.17) is 0 Å². The van der Waals surface area contributed by atoms with Gasteiger partial charge in [0.25, 0.3) is 0 Å². The number of hydrogen-bond donors (Lipinski definition) is 0. The van der Waals surface area contributed by atoms with Crippen molar-refractivity contribution in [1.29, 1.82) is 0 Å². The fourth-order valence-corrected chi connectivity index (χ4v) is 0.892. The van der Waals surface area contributed by atoms with Crippen molar-refractivity contribution in [3.8, 4) is 0 Å². The van der Waals surface area contributed by atoms with Gasteiger partial charge in [0.15, 0.2) is 0 Å². The van der Waals surface area contributed by atoms with Crippen molar-refractivity contribution in [2.45, 2.75) is 12.6 Å². The molecule has 0 aromatic heterocycles. The summed E-state index contributed by atoms with van der Waals surface area (Å²) in [5, 5.41) is 0. The molecule has 0 bridgehead atoms. The minimum Gasteiger partial charge on any atom is -0.303 e. The predicted octanol–water partition coefficient (Wildman–Crippen LogP) is 2.43. The van der Waals surface area contributed by atoms with E-state index in [1.807, 2.05) is 0 Å². The SMILES string of the molecule is O=CCC(F)c1ccc(F)cc1. The zero-order valence-corrected chi connectivity index (χ0v) is 6.34. The van der Waals surface area contributed by atoms with Gasteiger partial charge in [-0.05, 0) is 17.7 Å². The summed E-state index contributed by atoms with van der Waals surface area (Å²) in [6, 6.07) is 5.02. The normalized spacial score (nSPS) is 12.5. The topological polar surface area (TPSA) is 17.1 Å². The molecule has 0 aliphatic carbocycles. The van der Waals surface area contributed by atoms with Crippen LogP contribution in [0.25, 0.3) is 0 Å². The first-order valence-corrected chi connectivity index (χ1v) is 3.57. The van der Waals surface area contributed by atoms with Gasteiger partial charge < -0.3 is 4.79 Å². The summed E-state index contributed by atoms with van der Waals surface area (Å²) in [5.41, 5.74) is 0.337. The molecule has 3 heteroatoms. The van der Waals surface area contributed by atoms with Crippen LogP contribution < -0.4 is 0 Å². The van der Waals surface area contributed by atoms with Crippen LogP contribution >= 0.6 is 0 Å². The molecule has 0 heterocycles. The zero-order valence-electron chi connectivity index (χ0n) is 6.34. The minimum atomic E-state index is -1.32. The lowest BCUT2D eigenvalue weighted by Crippen LogP contribution is -1.92. The Bertz CT molecular complexity index is 256. The zero-order chi connectivity index (χ0) is 8.97. The Morgan fingerprint density at radius 1 is 1.33 bits per heavy atom.